The number of hydrogen-bond acceptors (Lipinski definition) is 4. The van der Waals surface area contributed by atoms with Crippen molar-refractivity contribution in [2.45, 2.75) is 19.8 Å². The van der Waals surface area contributed by atoms with Crippen LogP contribution in [0.2, 0.25) is 0 Å². The second-order valence-electron chi connectivity index (χ2n) is 7.29. The van der Waals surface area contributed by atoms with Crippen molar-refractivity contribution >= 4 is 17.4 Å². The molecule has 5 heteroatoms. The Morgan fingerprint density at radius 3 is 2.29 bits per heavy atom. The quantitative estimate of drug-likeness (QED) is 0.725. The maximum absolute atomic E-state index is 12.9. The maximum Gasteiger partial charge on any atom is 0.274 e. The number of hydrogen-bond donors (Lipinski definition) is 1. The molecular weight excluding hydrogens is 348 g/mol. The van der Waals surface area contributed by atoms with Crippen LogP contribution in [-0.2, 0) is 0 Å². The number of aromatic nitrogens is 2. The number of nitrogens with one attached hydrogen (secondary N) is 1. The molecule has 2 heterocycles. The Morgan fingerprint density at radius 2 is 1.61 bits per heavy atom. The lowest BCUT2D eigenvalue weighted by molar-refractivity contribution is 0.102. The lowest BCUT2D eigenvalue weighted by Gasteiger charge is -2.31. The molecule has 0 unspecified atom stereocenters. The average Bonchev–Trinajstić information content (AvgIpc) is 2.75. The number of para-hydroxylation sites is 1. The largest absolute Gasteiger partial charge is 0.356 e. The van der Waals surface area contributed by atoms with Gasteiger partial charge in [0.2, 0.25) is 0 Å². The topological polar surface area (TPSA) is 58.1 Å². The highest BCUT2D eigenvalue weighted by Gasteiger charge is 2.20. The summed E-state index contributed by atoms with van der Waals surface area (Å²) < 4.78 is 0. The minimum absolute atomic E-state index is 0.225. The van der Waals surface area contributed by atoms with Gasteiger partial charge in [-0.05, 0) is 30.9 Å². The highest BCUT2D eigenvalue weighted by atomic mass is 16.1. The molecule has 0 bridgehead atoms. The normalized spacial score (nSPS) is 14.7. The highest BCUT2D eigenvalue weighted by molar-refractivity contribution is 6.03. The summed E-state index contributed by atoms with van der Waals surface area (Å²) in [7, 11) is 0. The van der Waals surface area contributed by atoms with Crippen LogP contribution in [0, 0.1) is 5.92 Å². The van der Waals surface area contributed by atoms with Crippen molar-refractivity contribution in [3.8, 4) is 11.4 Å². The maximum atomic E-state index is 12.9. The Kier molecular flexibility index (Phi) is 5.33. The van der Waals surface area contributed by atoms with Crippen LogP contribution in [0.15, 0.2) is 66.7 Å². The zero-order chi connectivity index (χ0) is 19.3. The van der Waals surface area contributed by atoms with Crippen LogP contribution < -0.4 is 10.2 Å². The molecule has 4 rings (SSSR count). The van der Waals surface area contributed by atoms with Crippen LogP contribution in [0.3, 0.4) is 0 Å². The molecule has 1 fully saturated rings. The monoisotopic (exact) mass is 372 g/mol. The minimum atomic E-state index is -0.225. The number of benzene rings is 2. The summed E-state index contributed by atoms with van der Waals surface area (Å²) in [4.78, 5) is 24.5. The Hall–Kier alpha value is -3.21. The third kappa shape index (κ3) is 4.19. The standard InChI is InChI=1S/C23H24N4O/c1-17-12-14-27(15-13-17)21-16-20(23(28)24-19-10-6-3-7-11-19)25-22(26-21)18-8-4-2-5-9-18/h2-11,16-17H,12-15H2,1H3,(H,24,28). The van der Waals surface area contributed by atoms with Gasteiger partial charge in [-0.2, -0.15) is 0 Å². The minimum Gasteiger partial charge on any atom is -0.356 e. The van der Waals surface area contributed by atoms with Gasteiger partial charge >= 0.3 is 0 Å². The lowest BCUT2D eigenvalue weighted by Crippen LogP contribution is -2.33. The number of piperidine rings is 1. The highest BCUT2D eigenvalue weighted by Crippen LogP contribution is 2.25. The van der Waals surface area contributed by atoms with Gasteiger partial charge < -0.3 is 10.2 Å². The molecule has 5 nitrogen and oxygen atoms in total. The molecule has 1 amide bonds. The van der Waals surface area contributed by atoms with E-state index in [1.54, 1.807) is 6.07 Å². The van der Waals surface area contributed by atoms with E-state index < -0.39 is 0 Å². The molecule has 1 aliphatic rings. The second-order valence-corrected chi connectivity index (χ2v) is 7.29. The van der Waals surface area contributed by atoms with Gasteiger partial charge in [0.1, 0.15) is 11.5 Å². The van der Waals surface area contributed by atoms with Gasteiger partial charge in [0.25, 0.3) is 5.91 Å². The molecular formula is C23H24N4O. The van der Waals surface area contributed by atoms with E-state index in [0.717, 1.165) is 48.9 Å². The summed E-state index contributed by atoms with van der Waals surface area (Å²) in [5.74, 6) is 1.90. The summed E-state index contributed by atoms with van der Waals surface area (Å²) in [5, 5.41) is 2.93. The number of anilines is 2. The summed E-state index contributed by atoms with van der Waals surface area (Å²) in [6, 6.07) is 21.1. The SMILES string of the molecule is CC1CCN(c2cc(C(=O)Nc3ccccc3)nc(-c3ccccc3)n2)CC1. The molecule has 28 heavy (non-hydrogen) atoms. The fraction of sp³-hybridized carbons (Fsp3) is 0.261. The van der Waals surface area contributed by atoms with Gasteiger partial charge in [-0.1, -0.05) is 55.5 Å². The number of carbonyl (C=O) groups excluding carboxylic acids is 1. The van der Waals surface area contributed by atoms with E-state index in [1.807, 2.05) is 60.7 Å². The van der Waals surface area contributed by atoms with Crippen molar-refractivity contribution < 1.29 is 4.79 Å². The first-order valence-corrected chi connectivity index (χ1v) is 9.75. The molecule has 0 saturated carbocycles. The predicted octanol–water partition coefficient (Wildman–Crippen LogP) is 4.63. The van der Waals surface area contributed by atoms with Crippen molar-refractivity contribution in [3.05, 3.63) is 72.4 Å². The van der Waals surface area contributed by atoms with Crippen molar-refractivity contribution in [1.82, 2.24) is 9.97 Å². The van der Waals surface area contributed by atoms with Crippen LogP contribution in [0.1, 0.15) is 30.3 Å². The predicted molar refractivity (Wildman–Crippen MR) is 112 cm³/mol. The third-order valence-corrected chi connectivity index (χ3v) is 5.12. The first-order chi connectivity index (χ1) is 13.7. The van der Waals surface area contributed by atoms with Crippen molar-refractivity contribution in [2.75, 3.05) is 23.3 Å². The van der Waals surface area contributed by atoms with Gasteiger partial charge in [0.15, 0.2) is 5.82 Å². The number of nitrogens with zero attached hydrogens (tertiary/aromatic N) is 3. The molecule has 0 aliphatic carbocycles. The molecule has 142 valence electrons. The first-order valence-electron chi connectivity index (χ1n) is 9.75. The molecule has 0 radical (unpaired) electrons. The summed E-state index contributed by atoms with van der Waals surface area (Å²) in [6.45, 7) is 4.18. The van der Waals surface area contributed by atoms with E-state index in [2.05, 4.69) is 22.1 Å². The van der Waals surface area contributed by atoms with Crippen molar-refractivity contribution in [1.29, 1.82) is 0 Å². The molecule has 0 spiro atoms. The zero-order valence-electron chi connectivity index (χ0n) is 16.0. The van der Waals surface area contributed by atoms with E-state index in [0.29, 0.717) is 11.5 Å². The van der Waals surface area contributed by atoms with Crippen LogP contribution in [-0.4, -0.2) is 29.0 Å². The van der Waals surface area contributed by atoms with E-state index in [-0.39, 0.29) is 5.91 Å². The summed E-state index contributed by atoms with van der Waals surface area (Å²) >= 11 is 0. The van der Waals surface area contributed by atoms with Crippen LogP contribution in [0.25, 0.3) is 11.4 Å². The Bertz CT molecular complexity index is 935. The molecule has 3 aromatic rings. The first kappa shape index (κ1) is 18.2. The van der Waals surface area contributed by atoms with E-state index in [9.17, 15) is 4.79 Å². The van der Waals surface area contributed by atoms with Gasteiger partial charge in [-0.15, -0.1) is 0 Å². The molecule has 1 aromatic heterocycles. The summed E-state index contributed by atoms with van der Waals surface area (Å²) in [5.41, 5.74) is 2.04. The smallest absolute Gasteiger partial charge is 0.274 e. The Labute approximate surface area is 165 Å². The molecule has 1 aliphatic heterocycles. The third-order valence-electron chi connectivity index (χ3n) is 5.12. The number of amides is 1. The molecule has 1 saturated heterocycles. The van der Waals surface area contributed by atoms with Crippen LogP contribution in [0.5, 0.6) is 0 Å². The van der Waals surface area contributed by atoms with Crippen LogP contribution >= 0.6 is 0 Å². The van der Waals surface area contributed by atoms with Crippen molar-refractivity contribution in [3.63, 3.8) is 0 Å². The zero-order valence-corrected chi connectivity index (χ0v) is 16.0. The fourth-order valence-corrected chi connectivity index (χ4v) is 3.38. The molecule has 2 aromatic carbocycles. The number of carbonyl (C=O) groups is 1. The van der Waals surface area contributed by atoms with E-state index in [4.69, 9.17) is 4.98 Å². The van der Waals surface area contributed by atoms with E-state index in [1.165, 1.54) is 0 Å². The Balaban J connectivity index is 1.68. The molecule has 0 atom stereocenters. The Morgan fingerprint density at radius 1 is 0.964 bits per heavy atom. The van der Waals surface area contributed by atoms with E-state index >= 15 is 0 Å². The fourth-order valence-electron chi connectivity index (χ4n) is 3.38. The summed E-state index contributed by atoms with van der Waals surface area (Å²) in [6.07, 6.45) is 2.27. The molecule has 1 N–H and O–H groups in total. The number of rotatable bonds is 4. The van der Waals surface area contributed by atoms with Gasteiger partial charge in [0, 0.05) is 30.4 Å². The van der Waals surface area contributed by atoms with Crippen molar-refractivity contribution in [2.24, 2.45) is 5.92 Å². The van der Waals surface area contributed by atoms with Crippen LogP contribution in [0.4, 0.5) is 11.5 Å². The van der Waals surface area contributed by atoms with Gasteiger partial charge in [-0.25, -0.2) is 9.97 Å². The average molecular weight is 372 g/mol. The van der Waals surface area contributed by atoms with Gasteiger partial charge in [0.05, 0.1) is 0 Å². The second kappa shape index (κ2) is 8.21. The van der Waals surface area contributed by atoms with Gasteiger partial charge in [-0.3, -0.25) is 4.79 Å². The lowest BCUT2D eigenvalue weighted by atomic mass is 9.99.